The smallest absolute Gasteiger partial charge is 0.267 e. The molecular formula is C26H28N2O2S2. The lowest BCUT2D eigenvalue weighted by atomic mass is 10.1. The number of nitrogens with zero attached hydrogens (tertiary/aromatic N) is 2. The fourth-order valence-corrected chi connectivity index (χ4v) is 6.08. The molecule has 0 aliphatic carbocycles. The topological polar surface area (TPSA) is 44.1 Å². The normalized spacial score (nSPS) is 11.2. The third-order valence-electron chi connectivity index (χ3n) is 5.38. The van der Waals surface area contributed by atoms with Crippen molar-refractivity contribution in [3.63, 3.8) is 0 Å². The summed E-state index contributed by atoms with van der Waals surface area (Å²) in [6.45, 7) is 6.80. The molecule has 0 saturated carbocycles. The largest absolute Gasteiger partial charge is 0.494 e. The minimum absolute atomic E-state index is 0.0116. The zero-order valence-electron chi connectivity index (χ0n) is 18.8. The van der Waals surface area contributed by atoms with E-state index in [0.29, 0.717) is 6.61 Å². The molecule has 0 atom stereocenters. The summed E-state index contributed by atoms with van der Waals surface area (Å²) in [4.78, 5) is 20.8. The van der Waals surface area contributed by atoms with Crippen LogP contribution in [0.15, 0.2) is 64.5 Å². The van der Waals surface area contributed by atoms with Gasteiger partial charge in [0.2, 0.25) is 0 Å². The number of fused-ring (bicyclic) bond motifs is 1. The van der Waals surface area contributed by atoms with Gasteiger partial charge in [-0.3, -0.25) is 9.36 Å². The van der Waals surface area contributed by atoms with Crippen molar-refractivity contribution < 1.29 is 4.74 Å². The van der Waals surface area contributed by atoms with E-state index in [9.17, 15) is 4.79 Å². The predicted molar refractivity (Wildman–Crippen MR) is 136 cm³/mol. The summed E-state index contributed by atoms with van der Waals surface area (Å²) in [6.07, 6.45) is 2.96. The first-order valence-electron chi connectivity index (χ1n) is 11.1. The van der Waals surface area contributed by atoms with Crippen LogP contribution in [-0.2, 0) is 12.8 Å². The maximum absolute atomic E-state index is 13.7. The van der Waals surface area contributed by atoms with E-state index in [-0.39, 0.29) is 5.56 Å². The summed E-state index contributed by atoms with van der Waals surface area (Å²) in [6, 6.07) is 18.1. The van der Waals surface area contributed by atoms with E-state index in [1.54, 1.807) is 27.7 Å². The van der Waals surface area contributed by atoms with Crippen molar-refractivity contribution in [3.05, 3.63) is 81.0 Å². The summed E-state index contributed by atoms with van der Waals surface area (Å²) in [5, 5.41) is 1.49. The standard InChI is InChI=1S/C26H28N2O2S2/c1-4-9-22-18(3)23-24(32-22)27-26(31-17-16-19-10-7-6-8-11-19)28(25(23)29)20-12-14-21(15-13-20)30-5-2/h6-8,10-15H,4-5,9,16-17H2,1-3H3. The molecule has 0 fully saturated rings. The van der Waals surface area contributed by atoms with Crippen molar-refractivity contribution in [2.75, 3.05) is 12.4 Å². The molecule has 4 aromatic rings. The molecule has 2 aromatic carbocycles. The highest BCUT2D eigenvalue weighted by Crippen LogP contribution is 2.31. The first kappa shape index (κ1) is 22.6. The fraction of sp³-hybridized carbons (Fsp3) is 0.308. The third-order valence-corrected chi connectivity index (χ3v) is 7.57. The van der Waals surface area contributed by atoms with Gasteiger partial charge in [-0.05, 0) is 62.1 Å². The Hall–Kier alpha value is -2.57. The van der Waals surface area contributed by atoms with Gasteiger partial charge in [0.15, 0.2) is 5.16 Å². The molecule has 0 spiro atoms. The van der Waals surface area contributed by atoms with E-state index in [2.05, 4.69) is 38.1 Å². The second-order valence-electron chi connectivity index (χ2n) is 7.63. The Balaban J connectivity index is 1.76. The summed E-state index contributed by atoms with van der Waals surface area (Å²) >= 11 is 3.30. The Kier molecular flexibility index (Phi) is 7.33. The maximum atomic E-state index is 13.7. The molecule has 2 aromatic heterocycles. The molecule has 166 valence electrons. The minimum Gasteiger partial charge on any atom is -0.494 e. The number of thiophene rings is 1. The number of aryl methyl sites for hydroxylation is 3. The van der Waals surface area contributed by atoms with E-state index in [4.69, 9.17) is 9.72 Å². The summed E-state index contributed by atoms with van der Waals surface area (Å²) in [5.74, 6) is 1.65. The van der Waals surface area contributed by atoms with Crippen molar-refractivity contribution in [2.45, 2.75) is 45.2 Å². The highest BCUT2D eigenvalue weighted by molar-refractivity contribution is 7.99. The van der Waals surface area contributed by atoms with Gasteiger partial charge < -0.3 is 4.74 Å². The van der Waals surface area contributed by atoms with Crippen LogP contribution in [0, 0.1) is 6.92 Å². The highest BCUT2D eigenvalue weighted by Gasteiger charge is 2.19. The van der Waals surface area contributed by atoms with E-state index in [0.717, 1.165) is 57.4 Å². The number of ether oxygens (including phenoxy) is 1. The first-order valence-corrected chi connectivity index (χ1v) is 12.9. The van der Waals surface area contributed by atoms with Gasteiger partial charge in [0.05, 0.1) is 17.7 Å². The highest BCUT2D eigenvalue weighted by atomic mass is 32.2. The van der Waals surface area contributed by atoms with Crippen molar-refractivity contribution in [3.8, 4) is 11.4 Å². The van der Waals surface area contributed by atoms with E-state index < -0.39 is 0 Å². The SMILES string of the molecule is CCCc1sc2nc(SCCc3ccccc3)n(-c3ccc(OCC)cc3)c(=O)c2c1C. The van der Waals surface area contributed by atoms with Crippen LogP contribution in [0.4, 0.5) is 0 Å². The molecule has 6 heteroatoms. The molecule has 0 amide bonds. The lowest BCUT2D eigenvalue weighted by Gasteiger charge is -2.13. The molecule has 0 aliphatic heterocycles. The van der Waals surface area contributed by atoms with Crippen LogP contribution in [-0.4, -0.2) is 21.9 Å². The van der Waals surface area contributed by atoms with Gasteiger partial charge in [-0.25, -0.2) is 4.98 Å². The zero-order valence-corrected chi connectivity index (χ0v) is 20.4. The van der Waals surface area contributed by atoms with Gasteiger partial charge >= 0.3 is 0 Å². The Labute approximate surface area is 197 Å². The van der Waals surface area contributed by atoms with Crippen molar-refractivity contribution in [1.82, 2.24) is 9.55 Å². The zero-order chi connectivity index (χ0) is 22.5. The molecule has 0 bridgehead atoms. The Morgan fingerprint density at radius 3 is 2.47 bits per heavy atom. The van der Waals surface area contributed by atoms with Crippen LogP contribution >= 0.6 is 23.1 Å². The summed E-state index contributed by atoms with van der Waals surface area (Å²) in [7, 11) is 0. The third kappa shape index (κ3) is 4.76. The number of aromatic nitrogens is 2. The lowest BCUT2D eigenvalue weighted by Crippen LogP contribution is -2.21. The van der Waals surface area contributed by atoms with Gasteiger partial charge in [0, 0.05) is 10.6 Å². The Bertz CT molecular complexity index is 1250. The lowest BCUT2D eigenvalue weighted by molar-refractivity contribution is 0.340. The van der Waals surface area contributed by atoms with Crippen LogP contribution in [0.1, 0.15) is 36.3 Å². The average molecular weight is 465 g/mol. The molecular weight excluding hydrogens is 436 g/mol. The number of rotatable bonds is 9. The molecule has 2 heterocycles. The van der Waals surface area contributed by atoms with Crippen LogP contribution in [0.2, 0.25) is 0 Å². The molecule has 0 saturated heterocycles. The number of benzene rings is 2. The van der Waals surface area contributed by atoms with Crippen LogP contribution < -0.4 is 10.3 Å². The second kappa shape index (κ2) is 10.4. The Morgan fingerprint density at radius 2 is 1.78 bits per heavy atom. The fourth-order valence-electron chi connectivity index (χ4n) is 3.76. The van der Waals surface area contributed by atoms with Crippen molar-refractivity contribution >= 4 is 33.3 Å². The maximum Gasteiger partial charge on any atom is 0.267 e. The van der Waals surface area contributed by atoms with Crippen molar-refractivity contribution in [2.24, 2.45) is 0 Å². The van der Waals surface area contributed by atoms with Gasteiger partial charge in [0.1, 0.15) is 10.6 Å². The van der Waals surface area contributed by atoms with Gasteiger partial charge in [-0.1, -0.05) is 55.4 Å². The van der Waals surface area contributed by atoms with Crippen LogP contribution in [0.3, 0.4) is 0 Å². The van der Waals surface area contributed by atoms with E-state index in [1.807, 2.05) is 37.3 Å². The molecule has 32 heavy (non-hydrogen) atoms. The Morgan fingerprint density at radius 1 is 1.03 bits per heavy atom. The monoisotopic (exact) mass is 464 g/mol. The second-order valence-corrected chi connectivity index (χ2v) is 9.77. The van der Waals surface area contributed by atoms with E-state index >= 15 is 0 Å². The van der Waals surface area contributed by atoms with Gasteiger partial charge in [0.25, 0.3) is 5.56 Å². The molecule has 0 N–H and O–H groups in total. The van der Waals surface area contributed by atoms with E-state index in [1.165, 1.54) is 10.4 Å². The quantitative estimate of drug-likeness (QED) is 0.211. The summed E-state index contributed by atoms with van der Waals surface area (Å²) in [5.41, 5.74) is 3.19. The van der Waals surface area contributed by atoms with Crippen molar-refractivity contribution in [1.29, 1.82) is 0 Å². The van der Waals surface area contributed by atoms with Crippen LogP contribution in [0.25, 0.3) is 15.9 Å². The number of thioether (sulfide) groups is 1. The molecule has 4 rings (SSSR count). The molecule has 0 radical (unpaired) electrons. The molecule has 0 aliphatic rings. The summed E-state index contributed by atoms with van der Waals surface area (Å²) < 4.78 is 7.35. The van der Waals surface area contributed by atoms with Gasteiger partial charge in [-0.2, -0.15) is 0 Å². The average Bonchev–Trinajstić information content (AvgIpc) is 3.11. The number of hydrogen-bond acceptors (Lipinski definition) is 5. The molecule has 4 nitrogen and oxygen atoms in total. The molecule has 0 unspecified atom stereocenters. The van der Waals surface area contributed by atoms with Gasteiger partial charge in [-0.15, -0.1) is 11.3 Å². The number of hydrogen-bond donors (Lipinski definition) is 0. The van der Waals surface area contributed by atoms with Crippen LogP contribution in [0.5, 0.6) is 5.75 Å². The predicted octanol–water partition coefficient (Wildman–Crippen LogP) is 6.44. The first-order chi connectivity index (χ1) is 15.6. The minimum atomic E-state index is 0.0116.